The smallest absolute Gasteiger partial charge is 0.178 e. The van der Waals surface area contributed by atoms with Gasteiger partial charge in [0.05, 0.1) is 15.1 Å². The van der Waals surface area contributed by atoms with Gasteiger partial charge in [0.2, 0.25) is 0 Å². The van der Waals surface area contributed by atoms with E-state index in [4.69, 9.17) is 0 Å². The third-order valence-electron chi connectivity index (χ3n) is 1.66. The second-order valence-corrected chi connectivity index (χ2v) is 5.65. The summed E-state index contributed by atoms with van der Waals surface area (Å²) >= 11 is 3.07. The Labute approximate surface area is 85.4 Å². The molecule has 0 radical (unpaired) electrons. The predicted octanol–water partition coefficient (Wildman–Crippen LogP) is 1.95. The summed E-state index contributed by atoms with van der Waals surface area (Å²) in [7, 11) is -3.22. The highest BCUT2D eigenvalue weighted by Crippen LogP contribution is 2.26. The van der Waals surface area contributed by atoms with Crippen LogP contribution in [0.4, 0.5) is 0 Å². The van der Waals surface area contributed by atoms with E-state index in [1.807, 2.05) is 0 Å². The number of hydrogen-bond acceptors (Lipinski definition) is 3. The molecule has 72 valence electrons. The third kappa shape index (κ3) is 2.22. The van der Waals surface area contributed by atoms with Crippen LogP contribution in [0.3, 0.4) is 0 Å². The van der Waals surface area contributed by atoms with Gasteiger partial charge in [0.15, 0.2) is 9.84 Å². The Morgan fingerprint density at radius 1 is 1.46 bits per heavy atom. The Kier molecular flexibility index (Phi) is 2.98. The molecule has 1 N–H and O–H groups in total. The number of hydrogen-bond donors (Lipinski definition) is 1. The first-order valence-electron chi connectivity index (χ1n) is 3.68. The number of sulfone groups is 1. The van der Waals surface area contributed by atoms with Crippen LogP contribution in [0.5, 0.6) is 5.75 Å². The maximum atomic E-state index is 11.3. The topological polar surface area (TPSA) is 54.4 Å². The number of phenols is 1. The molecular formula is C8H9BrO3S. The molecule has 0 heterocycles. The van der Waals surface area contributed by atoms with Crippen molar-refractivity contribution in [2.24, 2.45) is 0 Å². The van der Waals surface area contributed by atoms with Crippen molar-refractivity contribution in [3.8, 4) is 5.75 Å². The van der Waals surface area contributed by atoms with Gasteiger partial charge in [0.1, 0.15) is 5.75 Å². The SMILES string of the molecule is CCS(=O)(=O)c1ccc(Br)c(O)c1. The second-order valence-electron chi connectivity index (χ2n) is 2.52. The summed E-state index contributed by atoms with van der Waals surface area (Å²) in [6.07, 6.45) is 0. The molecular weight excluding hydrogens is 256 g/mol. The molecule has 0 aliphatic rings. The van der Waals surface area contributed by atoms with E-state index >= 15 is 0 Å². The maximum Gasteiger partial charge on any atom is 0.178 e. The standard InChI is InChI=1S/C8H9BrO3S/c1-2-13(11,12)6-3-4-7(9)8(10)5-6/h3-5,10H,2H2,1H3. The second kappa shape index (κ2) is 3.67. The van der Waals surface area contributed by atoms with Crippen molar-refractivity contribution in [3.63, 3.8) is 0 Å². The van der Waals surface area contributed by atoms with Gasteiger partial charge in [-0.15, -0.1) is 0 Å². The molecule has 0 aliphatic heterocycles. The summed E-state index contributed by atoms with van der Waals surface area (Å²) in [5, 5.41) is 9.25. The molecule has 0 amide bonds. The molecule has 0 saturated carbocycles. The zero-order valence-electron chi connectivity index (χ0n) is 6.99. The Morgan fingerprint density at radius 3 is 2.54 bits per heavy atom. The lowest BCUT2D eigenvalue weighted by Crippen LogP contribution is -2.02. The first-order valence-corrected chi connectivity index (χ1v) is 6.13. The molecule has 0 unspecified atom stereocenters. The molecule has 5 heteroatoms. The van der Waals surface area contributed by atoms with E-state index in [0.717, 1.165) is 0 Å². The fraction of sp³-hybridized carbons (Fsp3) is 0.250. The summed E-state index contributed by atoms with van der Waals surface area (Å²) < 4.78 is 23.2. The van der Waals surface area contributed by atoms with Crippen LogP contribution in [0.1, 0.15) is 6.92 Å². The Morgan fingerprint density at radius 2 is 2.08 bits per heavy atom. The molecule has 0 saturated heterocycles. The van der Waals surface area contributed by atoms with Gasteiger partial charge in [0, 0.05) is 0 Å². The van der Waals surface area contributed by atoms with Crippen LogP contribution in [0.2, 0.25) is 0 Å². The van der Waals surface area contributed by atoms with Crippen molar-refractivity contribution in [3.05, 3.63) is 22.7 Å². The number of benzene rings is 1. The van der Waals surface area contributed by atoms with Gasteiger partial charge in [-0.25, -0.2) is 8.42 Å². The minimum absolute atomic E-state index is 0.0358. The van der Waals surface area contributed by atoms with Gasteiger partial charge >= 0.3 is 0 Å². The van der Waals surface area contributed by atoms with Gasteiger partial charge in [-0.3, -0.25) is 0 Å². The monoisotopic (exact) mass is 264 g/mol. The van der Waals surface area contributed by atoms with Crippen LogP contribution in [-0.2, 0) is 9.84 Å². The fourth-order valence-electron chi connectivity index (χ4n) is 0.853. The minimum Gasteiger partial charge on any atom is -0.507 e. The molecule has 13 heavy (non-hydrogen) atoms. The molecule has 3 nitrogen and oxygen atoms in total. The molecule has 0 aromatic heterocycles. The van der Waals surface area contributed by atoms with Crippen LogP contribution in [0.25, 0.3) is 0 Å². The first kappa shape index (κ1) is 10.5. The van der Waals surface area contributed by atoms with Crippen molar-refractivity contribution >= 4 is 25.8 Å². The molecule has 1 aromatic carbocycles. The van der Waals surface area contributed by atoms with Crippen molar-refractivity contribution in [1.82, 2.24) is 0 Å². The molecule has 0 spiro atoms. The van der Waals surface area contributed by atoms with Gasteiger partial charge in [-0.1, -0.05) is 6.92 Å². The van der Waals surface area contributed by atoms with Crippen LogP contribution in [0, 0.1) is 0 Å². The highest BCUT2D eigenvalue weighted by molar-refractivity contribution is 9.10. The van der Waals surface area contributed by atoms with Gasteiger partial charge in [0.25, 0.3) is 0 Å². The van der Waals surface area contributed by atoms with Gasteiger partial charge in [-0.2, -0.15) is 0 Å². The van der Waals surface area contributed by atoms with Crippen molar-refractivity contribution in [2.45, 2.75) is 11.8 Å². The van der Waals surface area contributed by atoms with E-state index in [9.17, 15) is 13.5 Å². The van der Waals surface area contributed by atoms with E-state index in [1.165, 1.54) is 18.2 Å². The van der Waals surface area contributed by atoms with Crippen molar-refractivity contribution in [1.29, 1.82) is 0 Å². The fourth-order valence-corrected chi connectivity index (χ4v) is 2.00. The lowest BCUT2D eigenvalue weighted by atomic mass is 10.3. The molecule has 0 bridgehead atoms. The summed E-state index contributed by atoms with van der Waals surface area (Å²) in [6.45, 7) is 1.56. The predicted molar refractivity (Wildman–Crippen MR) is 53.5 cm³/mol. The van der Waals surface area contributed by atoms with E-state index in [-0.39, 0.29) is 16.4 Å². The van der Waals surface area contributed by atoms with Gasteiger partial charge in [-0.05, 0) is 34.1 Å². The van der Waals surface area contributed by atoms with Crippen LogP contribution in [-0.4, -0.2) is 19.3 Å². The van der Waals surface area contributed by atoms with Crippen molar-refractivity contribution < 1.29 is 13.5 Å². The van der Waals surface area contributed by atoms with E-state index in [2.05, 4.69) is 15.9 Å². The lowest BCUT2D eigenvalue weighted by molar-refractivity contribution is 0.469. The molecule has 1 aromatic rings. The summed E-state index contributed by atoms with van der Waals surface area (Å²) in [5.41, 5.74) is 0. The largest absolute Gasteiger partial charge is 0.507 e. The maximum absolute atomic E-state index is 11.3. The Bertz CT molecular complexity index is 411. The van der Waals surface area contributed by atoms with E-state index in [1.54, 1.807) is 6.92 Å². The summed E-state index contributed by atoms with van der Waals surface area (Å²) in [4.78, 5) is 0.149. The van der Waals surface area contributed by atoms with Crippen LogP contribution >= 0.6 is 15.9 Å². The molecule has 0 fully saturated rings. The van der Waals surface area contributed by atoms with E-state index < -0.39 is 9.84 Å². The number of aromatic hydroxyl groups is 1. The third-order valence-corrected chi connectivity index (χ3v) is 4.06. The van der Waals surface area contributed by atoms with Crippen molar-refractivity contribution in [2.75, 3.05) is 5.75 Å². The highest BCUT2D eigenvalue weighted by atomic mass is 79.9. The summed E-state index contributed by atoms with van der Waals surface area (Å²) in [6, 6.07) is 4.21. The average molecular weight is 265 g/mol. The van der Waals surface area contributed by atoms with Gasteiger partial charge < -0.3 is 5.11 Å². The lowest BCUT2D eigenvalue weighted by Gasteiger charge is -2.02. The minimum atomic E-state index is -3.22. The molecule has 0 atom stereocenters. The molecule has 0 aliphatic carbocycles. The van der Waals surface area contributed by atoms with Crippen LogP contribution < -0.4 is 0 Å². The average Bonchev–Trinajstić information content (AvgIpc) is 2.09. The quantitative estimate of drug-likeness (QED) is 0.889. The normalized spacial score (nSPS) is 11.5. The molecule has 1 rings (SSSR count). The highest BCUT2D eigenvalue weighted by Gasteiger charge is 2.12. The Balaban J connectivity index is 3.27. The first-order chi connectivity index (χ1) is 5.97. The van der Waals surface area contributed by atoms with E-state index in [0.29, 0.717) is 4.47 Å². The Hall–Kier alpha value is -0.550. The number of phenolic OH excluding ortho intramolecular Hbond substituents is 1. The zero-order chi connectivity index (χ0) is 10.1. The number of halogens is 1. The zero-order valence-corrected chi connectivity index (χ0v) is 9.39. The number of rotatable bonds is 2. The summed E-state index contributed by atoms with van der Waals surface area (Å²) in [5.74, 6) is -0.0248. The van der Waals surface area contributed by atoms with Crippen LogP contribution in [0.15, 0.2) is 27.6 Å².